The van der Waals surface area contributed by atoms with Gasteiger partial charge in [-0.2, -0.15) is 0 Å². The standard InChI is InChI=1S/C29H35FN2O3/c1-35-24-11-12-27-26(19-24)25(23(20-30)21-31-27)10-5-13-29(28(33)34)14-17-32(18-15-29)16-6-9-22-7-3-2-4-8-22/h2-4,7-8,11-12,19,21H,5-6,9-10,13-18,20H2,1H3,(H,33,34). The molecule has 4 rings (SSSR count). The van der Waals surface area contributed by atoms with Crippen LogP contribution in [-0.2, 0) is 24.3 Å². The smallest absolute Gasteiger partial charge is 0.309 e. The quantitative estimate of drug-likeness (QED) is 0.375. The van der Waals surface area contributed by atoms with Crippen LogP contribution in [0, 0.1) is 5.41 Å². The maximum absolute atomic E-state index is 13.8. The topological polar surface area (TPSA) is 62.7 Å². The van der Waals surface area contributed by atoms with Crippen molar-refractivity contribution in [3.05, 3.63) is 71.4 Å². The van der Waals surface area contributed by atoms with Crippen LogP contribution in [0.15, 0.2) is 54.7 Å². The summed E-state index contributed by atoms with van der Waals surface area (Å²) in [5, 5.41) is 11.0. The van der Waals surface area contributed by atoms with Gasteiger partial charge >= 0.3 is 5.97 Å². The number of aromatic nitrogens is 1. The van der Waals surface area contributed by atoms with E-state index in [-0.39, 0.29) is 0 Å². The van der Waals surface area contributed by atoms with Gasteiger partial charge in [-0.15, -0.1) is 0 Å². The molecule has 1 aliphatic rings. The minimum atomic E-state index is -0.702. The minimum absolute atomic E-state index is 0.573. The van der Waals surface area contributed by atoms with Crippen LogP contribution >= 0.6 is 0 Å². The predicted octanol–water partition coefficient (Wildman–Crippen LogP) is 5.84. The van der Waals surface area contributed by atoms with Crippen LogP contribution < -0.4 is 4.74 Å². The normalized spacial score (nSPS) is 15.8. The molecular weight excluding hydrogens is 443 g/mol. The summed E-state index contributed by atoms with van der Waals surface area (Å²) in [4.78, 5) is 19.1. The van der Waals surface area contributed by atoms with Crippen LogP contribution in [0.1, 0.15) is 48.8 Å². The second kappa shape index (κ2) is 11.6. The van der Waals surface area contributed by atoms with E-state index >= 15 is 0 Å². The van der Waals surface area contributed by atoms with Gasteiger partial charge in [-0.1, -0.05) is 30.3 Å². The summed E-state index contributed by atoms with van der Waals surface area (Å²) in [7, 11) is 1.61. The fourth-order valence-corrected chi connectivity index (χ4v) is 5.34. The first-order valence-corrected chi connectivity index (χ1v) is 12.5. The number of hydrogen-bond acceptors (Lipinski definition) is 4. The van der Waals surface area contributed by atoms with Gasteiger partial charge in [-0.25, -0.2) is 4.39 Å². The Bertz CT molecular complexity index is 1120. The van der Waals surface area contributed by atoms with Crippen molar-refractivity contribution in [2.75, 3.05) is 26.7 Å². The monoisotopic (exact) mass is 478 g/mol. The van der Waals surface area contributed by atoms with Crippen molar-refractivity contribution in [3.8, 4) is 5.75 Å². The second-order valence-corrected chi connectivity index (χ2v) is 9.65. The largest absolute Gasteiger partial charge is 0.497 e. The summed E-state index contributed by atoms with van der Waals surface area (Å²) in [6, 6.07) is 16.1. The zero-order valence-electron chi connectivity index (χ0n) is 20.5. The first-order chi connectivity index (χ1) is 17.0. The number of alkyl halides is 1. The van der Waals surface area contributed by atoms with E-state index in [0.29, 0.717) is 43.4 Å². The molecule has 1 N–H and O–H groups in total. The molecule has 35 heavy (non-hydrogen) atoms. The van der Waals surface area contributed by atoms with E-state index in [1.807, 2.05) is 24.3 Å². The molecule has 3 aromatic rings. The van der Waals surface area contributed by atoms with Crippen molar-refractivity contribution < 1.29 is 19.0 Å². The Morgan fingerprint density at radius 2 is 1.89 bits per heavy atom. The van der Waals surface area contributed by atoms with E-state index in [1.165, 1.54) is 5.56 Å². The second-order valence-electron chi connectivity index (χ2n) is 9.65. The molecule has 0 atom stereocenters. The van der Waals surface area contributed by atoms with E-state index in [1.54, 1.807) is 13.3 Å². The van der Waals surface area contributed by atoms with Crippen LogP contribution in [0.3, 0.4) is 0 Å². The fraction of sp³-hybridized carbons (Fsp3) is 0.448. The molecule has 0 radical (unpaired) electrons. The number of piperidine rings is 1. The van der Waals surface area contributed by atoms with Gasteiger partial charge in [-0.3, -0.25) is 9.78 Å². The zero-order chi connectivity index (χ0) is 24.7. The molecule has 186 valence electrons. The Morgan fingerprint density at radius 3 is 2.57 bits per heavy atom. The number of benzene rings is 2. The highest BCUT2D eigenvalue weighted by atomic mass is 19.1. The summed E-state index contributed by atoms with van der Waals surface area (Å²) >= 11 is 0. The van der Waals surface area contributed by atoms with Gasteiger partial charge in [0.15, 0.2) is 0 Å². The molecule has 0 aliphatic carbocycles. The van der Waals surface area contributed by atoms with Crippen molar-refractivity contribution in [1.29, 1.82) is 0 Å². The molecule has 6 heteroatoms. The van der Waals surface area contributed by atoms with Crippen LogP contribution in [-0.4, -0.2) is 47.7 Å². The number of pyridine rings is 1. The number of aliphatic carboxylic acids is 1. The maximum atomic E-state index is 13.8. The number of carbonyl (C=O) groups is 1. The van der Waals surface area contributed by atoms with Crippen molar-refractivity contribution in [3.63, 3.8) is 0 Å². The molecule has 0 bridgehead atoms. The van der Waals surface area contributed by atoms with E-state index in [4.69, 9.17) is 4.74 Å². The summed E-state index contributed by atoms with van der Waals surface area (Å²) in [5.74, 6) is 0.00612. The third-order valence-corrected chi connectivity index (χ3v) is 7.55. The first kappa shape index (κ1) is 25.1. The highest BCUT2D eigenvalue weighted by Gasteiger charge is 2.40. The number of nitrogens with zero attached hydrogens (tertiary/aromatic N) is 2. The summed E-state index contributed by atoms with van der Waals surface area (Å²) in [6.07, 6.45) is 6.97. The Balaban J connectivity index is 1.36. The van der Waals surface area contributed by atoms with Crippen molar-refractivity contribution in [1.82, 2.24) is 9.88 Å². The minimum Gasteiger partial charge on any atom is -0.497 e. The molecule has 1 aromatic heterocycles. The SMILES string of the molecule is COc1ccc2ncc(CF)c(CCCC3(C(=O)O)CCN(CCCc4ccccc4)CC3)c2c1. The number of aryl methyl sites for hydroxylation is 2. The van der Waals surface area contributed by atoms with Gasteiger partial charge in [0.2, 0.25) is 0 Å². The Morgan fingerprint density at radius 1 is 1.11 bits per heavy atom. The van der Waals surface area contributed by atoms with Crippen LogP contribution in [0.2, 0.25) is 0 Å². The van der Waals surface area contributed by atoms with E-state index in [0.717, 1.165) is 48.9 Å². The van der Waals surface area contributed by atoms with Gasteiger partial charge in [0.25, 0.3) is 0 Å². The number of fused-ring (bicyclic) bond motifs is 1. The lowest BCUT2D eigenvalue weighted by Gasteiger charge is -2.39. The summed E-state index contributed by atoms with van der Waals surface area (Å²) in [5.41, 5.74) is 2.93. The molecule has 0 spiro atoms. The molecule has 0 saturated carbocycles. The third-order valence-electron chi connectivity index (χ3n) is 7.55. The number of halogens is 1. The number of likely N-dealkylation sites (tertiary alicyclic amines) is 1. The first-order valence-electron chi connectivity index (χ1n) is 12.5. The van der Waals surface area contributed by atoms with Crippen molar-refractivity contribution >= 4 is 16.9 Å². The lowest BCUT2D eigenvalue weighted by molar-refractivity contribution is -0.152. The maximum Gasteiger partial charge on any atom is 0.309 e. The van der Waals surface area contributed by atoms with Gasteiger partial charge < -0.3 is 14.7 Å². The summed E-state index contributed by atoms with van der Waals surface area (Å²) in [6.45, 7) is 2.03. The highest BCUT2D eigenvalue weighted by Crippen LogP contribution is 2.38. The van der Waals surface area contributed by atoms with Crippen LogP contribution in [0.25, 0.3) is 10.9 Å². The van der Waals surface area contributed by atoms with Gasteiger partial charge in [-0.05, 0) is 93.9 Å². The van der Waals surface area contributed by atoms with Gasteiger partial charge in [0.05, 0.1) is 18.0 Å². The average molecular weight is 479 g/mol. The number of carboxylic acid groups (broad SMARTS) is 1. The Labute approximate surface area is 206 Å². The van der Waals surface area contributed by atoms with Crippen LogP contribution in [0.5, 0.6) is 5.75 Å². The number of rotatable bonds is 11. The van der Waals surface area contributed by atoms with Gasteiger partial charge in [0.1, 0.15) is 12.4 Å². The lowest BCUT2D eigenvalue weighted by atomic mass is 9.74. The van der Waals surface area contributed by atoms with Gasteiger partial charge in [0, 0.05) is 17.1 Å². The van der Waals surface area contributed by atoms with Crippen molar-refractivity contribution in [2.24, 2.45) is 5.41 Å². The predicted molar refractivity (Wildman–Crippen MR) is 137 cm³/mol. The number of methoxy groups -OCH3 is 1. The summed E-state index contributed by atoms with van der Waals surface area (Å²) < 4.78 is 19.1. The molecular formula is C29H35FN2O3. The lowest BCUT2D eigenvalue weighted by Crippen LogP contribution is -2.44. The number of carboxylic acids is 1. The fourth-order valence-electron chi connectivity index (χ4n) is 5.34. The van der Waals surface area contributed by atoms with E-state index in [9.17, 15) is 14.3 Å². The zero-order valence-corrected chi connectivity index (χ0v) is 20.5. The molecule has 0 unspecified atom stereocenters. The van der Waals surface area contributed by atoms with E-state index in [2.05, 4.69) is 34.1 Å². The molecule has 5 nitrogen and oxygen atoms in total. The molecule has 0 amide bonds. The van der Waals surface area contributed by atoms with Crippen molar-refractivity contribution in [2.45, 2.75) is 51.6 Å². The molecule has 2 heterocycles. The molecule has 1 saturated heterocycles. The highest BCUT2D eigenvalue weighted by molar-refractivity contribution is 5.84. The molecule has 2 aromatic carbocycles. The Kier molecular flexibility index (Phi) is 8.34. The van der Waals surface area contributed by atoms with Crippen LogP contribution in [0.4, 0.5) is 4.39 Å². The number of hydrogen-bond donors (Lipinski definition) is 1. The number of ether oxygens (including phenoxy) is 1. The Hall–Kier alpha value is -2.99. The van der Waals surface area contributed by atoms with E-state index < -0.39 is 18.1 Å². The molecule has 1 fully saturated rings. The molecule has 1 aliphatic heterocycles. The average Bonchev–Trinajstić information content (AvgIpc) is 2.90. The third kappa shape index (κ3) is 5.99.